The molecule has 0 N–H and O–H groups in total. The quantitative estimate of drug-likeness (QED) is 0.720. The molecule has 3 heterocycles. The molecule has 0 aliphatic carbocycles. The van der Waals surface area contributed by atoms with Gasteiger partial charge in [-0.05, 0) is 32.3 Å². The third kappa shape index (κ3) is 2.51. The Bertz CT molecular complexity index is 975. The van der Waals surface area contributed by atoms with Crippen LogP contribution in [0.4, 0.5) is 0 Å². The Morgan fingerprint density at radius 2 is 2.17 bits per heavy atom. The van der Waals surface area contributed by atoms with E-state index in [1.807, 2.05) is 29.2 Å². The summed E-state index contributed by atoms with van der Waals surface area (Å²) in [4.78, 5) is 31.7. The van der Waals surface area contributed by atoms with Crippen molar-refractivity contribution in [1.29, 1.82) is 0 Å². The first-order chi connectivity index (χ1) is 11.6. The maximum absolute atomic E-state index is 12.8. The van der Waals surface area contributed by atoms with Crippen molar-refractivity contribution in [2.75, 3.05) is 6.54 Å². The maximum atomic E-state index is 12.8. The summed E-state index contributed by atoms with van der Waals surface area (Å²) in [6, 6.07) is 8.13. The second-order valence-corrected chi connectivity index (χ2v) is 7.44. The van der Waals surface area contributed by atoms with Gasteiger partial charge in [0, 0.05) is 22.7 Å². The topological polar surface area (TPSA) is 55.2 Å². The minimum atomic E-state index is -0.126. The predicted molar refractivity (Wildman–Crippen MR) is 96.4 cm³/mol. The third-order valence-electron chi connectivity index (χ3n) is 4.78. The maximum Gasteiger partial charge on any atom is 0.271 e. The highest BCUT2D eigenvalue weighted by Crippen LogP contribution is 2.29. The van der Waals surface area contributed by atoms with E-state index in [2.05, 4.69) is 11.9 Å². The number of hydrogen-bond acceptors (Lipinski definition) is 4. The van der Waals surface area contributed by atoms with E-state index in [0.717, 1.165) is 35.0 Å². The van der Waals surface area contributed by atoms with Crippen LogP contribution >= 0.6 is 11.3 Å². The largest absolute Gasteiger partial charge is 0.338 e. The molecule has 24 heavy (non-hydrogen) atoms. The number of aromatic nitrogens is 2. The molecule has 0 saturated carbocycles. The van der Waals surface area contributed by atoms with Crippen LogP contribution in [0.25, 0.3) is 20.3 Å². The average molecular weight is 341 g/mol. The second kappa shape index (κ2) is 6.02. The monoisotopic (exact) mass is 341 g/mol. The minimum absolute atomic E-state index is 0.00608. The molecule has 2 aromatic heterocycles. The van der Waals surface area contributed by atoms with E-state index in [4.69, 9.17) is 0 Å². The molecule has 1 atom stereocenters. The molecule has 1 fully saturated rings. The van der Waals surface area contributed by atoms with Crippen LogP contribution in [0.1, 0.15) is 26.2 Å². The molecule has 4 rings (SSSR count). The Morgan fingerprint density at radius 1 is 1.33 bits per heavy atom. The zero-order valence-electron chi connectivity index (χ0n) is 13.6. The van der Waals surface area contributed by atoms with Crippen LogP contribution in [0.2, 0.25) is 0 Å². The first kappa shape index (κ1) is 15.3. The van der Waals surface area contributed by atoms with Crippen molar-refractivity contribution in [3.05, 3.63) is 40.9 Å². The summed E-state index contributed by atoms with van der Waals surface area (Å²) in [5.41, 5.74) is 0.606. The minimum Gasteiger partial charge on any atom is -0.338 e. The number of carbonyl (C=O) groups is 1. The van der Waals surface area contributed by atoms with Gasteiger partial charge in [-0.3, -0.25) is 14.2 Å². The van der Waals surface area contributed by atoms with Gasteiger partial charge in [0.05, 0.1) is 11.8 Å². The van der Waals surface area contributed by atoms with Gasteiger partial charge in [-0.15, -0.1) is 11.3 Å². The molecule has 0 spiro atoms. The van der Waals surface area contributed by atoms with Crippen LogP contribution in [-0.4, -0.2) is 32.9 Å². The Morgan fingerprint density at radius 3 is 3.00 bits per heavy atom. The van der Waals surface area contributed by atoms with Crippen LogP contribution in [0.15, 0.2) is 35.4 Å². The number of nitrogens with zero attached hydrogens (tertiary/aromatic N) is 3. The van der Waals surface area contributed by atoms with Gasteiger partial charge in [0.1, 0.15) is 11.2 Å². The average Bonchev–Trinajstić information content (AvgIpc) is 2.97. The van der Waals surface area contributed by atoms with E-state index < -0.39 is 0 Å². The summed E-state index contributed by atoms with van der Waals surface area (Å²) in [7, 11) is 0. The lowest BCUT2D eigenvalue weighted by Crippen LogP contribution is -2.44. The summed E-state index contributed by atoms with van der Waals surface area (Å²) >= 11 is 1.44. The fraction of sp³-hybridized carbons (Fsp3) is 0.389. The number of carbonyl (C=O) groups excluding carboxylic acids is 1. The fourth-order valence-corrected chi connectivity index (χ4v) is 4.54. The van der Waals surface area contributed by atoms with Crippen molar-refractivity contribution in [2.45, 2.75) is 38.8 Å². The van der Waals surface area contributed by atoms with Crippen molar-refractivity contribution in [3.63, 3.8) is 0 Å². The van der Waals surface area contributed by atoms with Gasteiger partial charge >= 0.3 is 0 Å². The standard InChI is InChI=1S/C18H19N3O2S/c1-12-6-4-5-9-21(12)15(22)10-20-11-19-16-13-7-2-3-8-14(13)24-17(16)18(20)23/h2-3,7-8,11-12H,4-6,9-10H2,1H3/t12-/m1/s1. The van der Waals surface area contributed by atoms with Gasteiger partial charge < -0.3 is 4.90 Å². The van der Waals surface area contributed by atoms with Crippen molar-refractivity contribution in [1.82, 2.24) is 14.5 Å². The Hall–Kier alpha value is -2.21. The Labute approximate surface area is 143 Å². The molecular weight excluding hydrogens is 322 g/mol. The van der Waals surface area contributed by atoms with Crippen LogP contribution in [0.3, 0.4) is 0 Å². The number of likely N-dealkylation sites (tertiary alicyclic amines) is 1. The number of hydrogen-bond donors (Lipinski definition) is 0. The van der Waals surface area contributed by atoms with E-state index in [0.29, 0.717) is 4.70 Å². The van der Waals surface area contributed by atoms with E-state index in [1.165, 1.54) is 28.7 Å². The van der Waals surface area contributed by atoms with Gasteiger partial charge in [-0.2, -0.15) is 0 Å². The molecule has 0 bridgehead atoms. The zero-order valence-corrected chi connectivity index (χ0v) is 14.4. The van der Waals surface area contributed by atoms with Crippen LogP contribution in [-0.2, 0) is 11.3 Å². The summed E-state index contributed by atoms with van der Waals surface area (Å²) in [6.07, 6.45) is 4.75. The molecular formula is C18H19N3O2S. The fourth-order valence-electron chi connectivity index (χ4n) is 3.43. The highest BCUT2D eigenvalue weighted by molar-refractivity contribution is 7.25. The van der Waals surface area contributed by atoms with Crippen molar-refractivity contribution < 1.29 is 4.79 Å². The van der Waals surface area contributed by atoms with Gasteiger partial charge in [-0.1, -0.05) is 18.2 Å². The van der Waals surface area contributed by atoms with Crippen molar-refractivity contribution in [2.24, 2.45) is 0 Å². The van der Waals surface area contributed by atoms with E-state index in [-0.39, 0.29) is 24.1 Å². The Kier molecular flexibility index (Phi) is 3.84. The molecule has 1 aromatic carbocycles. The molecule has 124 valence electrons. The number of fused-ring (bicyclic) bond motifs is 3. The van der Waals surface area contributed by atoms with Crippen LogP contribution in [0, 0.1) is 0 Å². The zero-order chi connectivity index (χ0) is 16.7. The summed E-state index contributed by atoms with van der Waals surface area (Å²) in [5.74, 6) is 0.00608. The van der Waals surface area contributed by atoms with Crippen molar-refractivity contribution in [3.8, 4) is 0 Å². The summed E-state index contributed by atoms with van der Waals surface area (Å²) in [6.45, 7) is 2.93. The second-order valence-electron chi connectivity index (χ2n) is 6.39. The molecule has 1 amide bonds. The molecule has 1 saturated heterocycles. The third-order valence-corrected chi connectivity index (χ3v) is 5.93. The highest BCUT2D eigenvalue weighted by atomic mass is 32.1. The number of rotatable bonds is 2. The van der Waals surface area contributed by atoms with Gasteiger partial charge in [0.25, 0.3) is 5.56 Å². The lowest BCUT2D eigenvalue weighted by Gasteiger charge is -2.33. The lowest BCUT2D eigenvalue weighted by molar-refractivity contribution is -0.135. The predicted octanol–water partition coefficient (Wildman–Crippen LogP) is 3.01. The molecule has 3 aromatic rings. The number of thiophene rings is 1. The molecule has 0 unspecified atom stereocenters. The lowest BCUT2D eigenvalue weighted by atomic mass is 10.0. The first-order valence-electron chi connectivity index (χ1n) is 8.31. The molecule has 1 aliphatic rings. The molecule has 5 nitrogen and oxygen atoms in total. The van der Waals surface area contributed by atoms with Crippen LogP contribution in [0.5, 0.6) is 0 Å². The van der Waals surface area contributed by atoms with Gasteiger partial charge in [0.2, 0.25) is 5.91 Å². The summed E-state index contributed by atoms with van der Waals surface area (Å²) < 4.78 is 3.12. The van der Waals surface area contributed by atoms with Crippen LogP contribution < -0.4 is 5.56 Å². The number of piperidine rings is 1. The van der Waals surface area contributed by atoms with Gasteiger partial charge in [0.15, 0.2) is 0 Å². The molecule has 6 heteroatoms. The number of benzene rings is 1. The van der Waals surface area contributed by atoms with Gasteiger partial charge in [-0.25, -0.2) is 4.98 Å². The molecule has 0 radical (unpaired) electrons. The Balaban J connectivity index is 1.70. The van der Waals surface area contributed by atoms with E-state index in [1.54, 1.807) is 0 Å². The highest BCUT2D eigenvalue weighted by Gasteiger charge is 2.23. The molecule has 1 aliphatic heterocycles. The van der Waals surface area contributed by atoms with Crippen molar-refractivity contribution >= 4 is 37.5 Å². The smallest absolute Gasteiger partial charge is 0.271 e. The normalized spacial score (nSPS) is 18.4. The first-order valence-corrected chi connectivity index (χ1v) is 9.13. The SMILES string of the molecule is C[C@@H]1CCCCN1C(=O)Cn1cnc2c(sc3ccccc32)c1=O. The van der Waals surface area contributed by atoms with E-state index >= 15 is 0 Å². The number of amides is 1. The summed E-state index contributed by atoms with van der Waals surface area (Å²) in [5, 5.41) is 0.998. The van der Waals surface area contributed by atoms with E-state index in [9.17, 15) is 9.59 Å².